The molecular formula is C15H24N2O5S. The van der Waals surface area contributed by atoms with Crippen LogP contribution < -0.4 is 10.0 Å². The minimum atomic E-state index is -3.76. The molecule has 0 bridgehead atoms. The molecule has 0 saturated carbocycles. The number of aromatic carboxylic acids is 1. The summed E-state index contributed by atoms with van der Waals surface area (Å²) in [7, 11) is -3.76. The van der Waals surface area contributed by atoms with Crippen LogP contribution in [0.1, 0.15) is 43.5 Å². The van der Waals surface area contributed by atoms with E-state index in [0.717, 1.165) is 12.5 Å². The molecule has 0 spiro atoms. The number of hydrogen-bond donors (Lipinski definition) is 4. The summed E-state index contributed by atoms with van der Waals surface area (Å²) in [6.07, 6.45) is 2.01. The molecule has 1 atom stereocenters. The third-order valence-electron chi connectivity index (χ3n) is 3.26. The fourth-order valence-electron chi connectivity index (χ4n) is 2.15. The predicted molar refractivity (Wildman–Crippen MR) is 88.3 cm³/mol. The van der Waals surface area contributed by atoms with Crippen LogP contribution in [0.25, 0.3) is 0 Å². The molecule has 0 aromatic heterocycles. The van der Waals surface area contributed by atoms with E-state index in [1.165, 1.54) is 12.1 Å². The van der Waals surface area contributed by atoms with Crippen molar-refractivity contribution >= 4 is 21.7 Å². The third kappa shape index (κ3) is 5.81. The fraction of sp³-hybridized carbons (Fsp3) is 0.533. The lowest BCUT2D eigenvalue weighted by Gasteiger charge is -2.15. The van der Waals surface area contributed by atoms with E-state index in [0.29, 0.717) is 25.1 Å². The van der Waals surface area contributed by atoms with E-state index >= 15 is 0 Å². The number of nitrogens with one attached hydrogen (secondary N) is 2. The molecule has 4 N–H and O–H groups in total. The van der Waals surface area contributed by atoms with Crippen LogP contribution in [0.15, 0.2) is 23.1 Å². The second kappa shape index (κ2) is 8.85. The van der Waals surface area contributed by atoms with Crippen LogP contribution in [0.5, 0.6) is 0 Å². The number of carboxylic acid groups (broad SMARTS) is 1. The summed E-state index contributed by atoms with van der Waals surface area (Å²) < 4.78 is 27.1. The summed E-state index contributed by atoms with van der Waals surface area (Å²) in [5.74, 6) is -1.21. The second-order valence-electron chi connectivity index (χ2n) is 5.33. The zero-order chi connectivity index (χ0) is 17.5. The Bertz CT molecular complexity index is 631. The molecule has 1 aromatic rings. The van der Waals surface area contributed by atoms with Gasteiger partial charge in [0, 0.05) is 24.9 Å². The number of benzene rings is 1. The molecule has 0 radical (unpaired) electrons. The molecule has 0 heterocycles. The molecule has 8 heteroatoms. The molecule has 0 fully saturated rings. The molecule has 7 nitrogen and oxygen atoms in total. The average molecular weight is 344 g/mol. The van der Waals surface area contributed by atoms with E-state index < -0.39 is 16.0 Å². The maximum absolute atomic E-state index is 12.3. The van der Waals surface area contributed by atoms with Gasteiger partial charge >= 0.3 is 5.97 Å². The van der Waals surface area contributed by atoms with Crippen LogP contribution in [-0.4, -0.2) is 43.8 Å². The first-order valence-corrected chi connectivity index (χ1v) is 9.04. The lowest BCUT2D eigenvalue weighted by Crippen LogP contribution is -2.32. The first-order chi connectivity index (χ1) is 10.8. The van der Waals surface area contributed by atoms with E-state index in [9.17, 15) is 18.3 Å². The smallest absolute Gasteiger partial charge is 0.337 e. The minimum Gasteiger partial charge on any atom is -0.478 e. The number of carboxylic acids is 1. The van der Waals surface area contributed by atoms with Gasteiger partial charge in [-0.25, -0.2) is 17.9 Å². The average Bonchev–Trinajstić information content (AvgIpc) is 2.47. The lowest BCUT2D eigenvalue weighted by molar-refractivity contribution is 0.0697. The zero-order valence-electron chi connectivity index (χ0n) is 13.4. The van der Waals surface area contributed by atoms with Gasteiger partial charge in [-0.3, -0.25) is 0 Å². The molecule has 0 aliphatic rings. The largest absolute Gasteiger partial charge is 0.478 e. The number of rotatable bonds is 10. The van der Waals surface area contributed by atoms with Crippen molar-refractivity contribution in [2.45, 2.75) is 44.0 Å². The van der Waals surface area contributed by atoms with Crippen LogP contribution in [0.4, 0.5) is 5.69 Å². The number of anilines is 1. The molecule has 0 amide bonds. The van der Waals surface area contributed by atoms with E-state index in [-0.39, 0.29) is 23.1 Å². The fourth-order valence-corrected chi connectivity index (χ4v) is 3.45. The van der Waals surface area contributed by atoms with E-state index in [2.05, 4.69) is 10.0 Å². The molecule has 130 valence electrons. The van der Waals surface area contributed by atoms with Gasteiger partial charge in [0.1, 0.15) is 0 Å². The van der Waals surface area contributed by atoms with Crippen molar-refractivity contribution in [2.24, 2.45) is 0 Å². The van der Waals surface area contributed by atoms with E-state index in [1.54, 1.807) is 6.92 Å². The van der Waals surface area contributed by atoms with Crippen molar-refractivity contribution in [1.29, 1.82) is 0 Å². The highest BCUT2D eigenvalue weighted by Crippen LogP contribution is 2.21. The number of aliphatic hydroxyl groups excluding tert-OH is 1. The van der Waals surface area contributed by atoms with Crippen LogP contribution in [0.2, 0.25) is 0 Å². The van der Waals surface area contributed by atoms with Crippen molar-refractivity contribution in [3.8, 4) is 0 Å². The van der Waals surface area contributed by atoms with E-state index in [4.69, 9.17) is 5.11 Å². The number of aliphatic hydroxyl groups is 1. The lowest BCUT2D eigenvalue weighted by atomic mass is 10.2. The van der Waals surface area contributed by atoms with Crippen molar-refractivity contribution in [1.82, 2.24) is 4.72 Å². The Kier molecular flexibility index (Phi) is 7.47. The van der Waals surface area contributed by atoms with Crippen molar-refractivity contribution in [3.05, 3.63) is 23.8 Å². The van der Waals surface area contributed by atoms with E-state index in [1.807, 2.05) is 6.92 Å². The Morgan fingerprint density at radius 2 is 2.04 bits per heavy atom. The number of carbonyl (C=O) groups is 1. The molecule has 0 aliphatic heterocycles. The summed E-state index contributed by atoms with van der Waals surface area (Å²) in [5.41, 5.74) is 0.209. The Labute approximate surface area is 136 Å². The Morgan fingerprint density at radius 1 is 1.35 bits per heavy atom. The first kappa shape index (κ1) is 19.4. The second-order valence-corrected chi connectivity index (χ2v) is 7.04. The normalized spacial score (nSPS) is 12.8. The highest BCUT2D eigenvalue weighted by atomic mass is 32.2. The first-order valence-electron chi connectivity index (χ1n) is 7.56. The maximum atomic E-state index is 12.3. The zero-order valence-corrected chi connectivity index (χ0v) is 14.2. The molecule has 1 unspecified atom stereocenters. The topological polar surface area (TPSA) is 116 Å². The number of sulfonamides is 1. The third-order valence-corrected chi connectivity index (χ3v) is 4.85. The molecule has 1 rings (SSSR count). The van der Waals surface area contributed by atoms with Crippen molar-refractivity contribution < 1.29 is 23.4 Å². The maximum Gasteiger partial charge on any atom is 0.337 e. The van der Waals surface area contributed by atoms with Crippen LogP contribution >= 0.6 is 0 Å². The van der Waals surface area contributed by atoms with Crippen LogP contribution in [-0.2, 0) is 10.0 Å². The van der Waals surface area contributed by atoms with Gasteiger partial charge < -0.3 is 15.5 Å². The van der Waals surface area contributed by atoms with Gasteiger partial charge in [0.2, 0.25) is 10.0 Å². The van der Waals surface area contributed by atoms with Gasteiger partial charge in [-0.05, 0) is 38.0 Å². The predicted octanol–water partition coefficient (Wildman–Crippen LogP) is 1.65. The Hall–Kier alpha value is -1.64. The number of hydrogen-bond acceptors (Lipinski definition) is 5. The summed E-state index contributed by atoms with van der Waals surface area (Å²) in [4.78, 5) is 11.3. The highest BCUT2D eigenvalue weighted by Gasteiger charge is 2.20. The van der Waals surface area contributed by atoms with Crippen LogP contribution in [0, 0.1) is 0 Å². The minimum absolute atomic E-state index is 0.0128. The van der Waals surface area contributed by atoms with Crippen molar-refractivity contribution in [3.63, 3.8) is 0 Å². The molecule has 23 heavy (non-hydrogen) atoms. The molecule has 0 aliphatic carbocycles. The molecule has 0 saturated heterocycles. The monoisotopic (exact) mass is 344 g/mol. The standard InChI is InChI=1S/C15H24N2O5S/c1-3-5-11(2)17-23(21,22)12-6-7-14(16-8-4-9-18)13(10-12)15(19)20/h6-7,10-11,16-18H,3-5,8-9H2,1-2H3,(H,19,20). The van der Waals surface area contributed by atoms with Crippen LogP contribution in [0.3, 0.4) is 0 Å². The molecule has 1 aromatic carbocycles. The van der Waals surface area contributed by atoms with Gasteiger partial charge in [0.15, 0.2) is 0 Å². The van der Waals surface area contributed by atoms with Gasteiger partial charge in [-0.15, -0.1) is 0 Å². The summed E-state index contributed by atoms with van der Waals surface area (Å²) in [6.45, 7) is 4.11. The van der Waals surface area contributed by atoms with Gasteiger partial charge in [0.25, 0.3) is 0 Å². The van der Waals surface area contributed by atoms with Gasteiger partial charge in [0.05, 0.1) is 10.5 Å². The quantitative estimate of drug-likeness (QED) is 0.480. The summed E-state index contributed by atoms with van der Waals surface area (Å²) >= 11 is 0. The Morgan fingerprint density at radius 3 is 2.61 bits per heavy atom. The SMILES string of the molecule is CCCC(C)NS(=O)(=O)c1ccc(NCCCO)c(C(=O)O)c1. The highest BCUT2D eigenvalue weighted by molar-refractivity contribution is 7.89. The molecular weight excluding hydrogens is 320 g/mol. The summed E-state index contributed by atoms with van der Waals surface area (Å²) in [6, 6.07) is 3.72. The van der Waals surface area contributed by atoms with Gasteiger partial charge in [-0.1, -0.05) is 13.3 Å². The van der Waals surface area contributed by atoms with Gasteiger partial charge in [-0.2, -0.15) is 0 Å². The Balaban J connectivity index is 3.04. The van der Waals surface area contributed by atoms with Crippen molar-refractivity contribution in [2.75, 3.05) is 18.5 Å². The summed E-state index contributed by atoms with van der Waals surface area (Å²) in [5, 5.41) is 20.9.